The normalized spacial score (nSPS) is 10.5. The van der Waals surface area contributed by atoms with Crippen LogP contribution in [0.15, 0.2) is 40.2 Å². The van der Waals surface area contributed by atoms with E-state index in [4.69, 9.17) is 4.74 Å². The number of thiophene rings is 1. The zero-order valence-electron chi connectivity index (χ0n) is 9.57. The number of hydrogen-bond donors (Lipinski definition) is 1. The highest BCUT2D eigenvalue weighted by Crippen LogP contribution is 2.19. The van der Waals surface area contributed by atoms with Gasteiger partial charge < -0.3 is 10.1 Å². The molecule has 0 saturated carbocycles. The highest BCUT2D eigenvalue weighted by Gasteiger charge is 1.98. The van der Waals surface area contributed by atoms with Crippen LogP contribution in [0.3, 0.4) is 0 Å². The molecule has 4 heteroatoms. The van der Waals surface area contributed by atoms with Crippen molar-refractivity contribution in [2.45, 2.75) is 13.1 Å². The molecule has 2 nitrogen and oxygen atoms in total. The summed E-state index contributed by atoms with van der Waals surface area (Å²) in [6, 6.07) is 10.3. The SMILES string of the molecule is COc1ccc(CNCc2cc(Br)cs2)cc1. The summed E-state index contributed by atoms with van der Waals surface area (Å²) in [5.74, 6) is 0.899. The first-order valence-corrected chi connectivity index (χ1v) is 7.02. The molecule has 0 spiro atoms. The smallest absolute Gasteiger partial charge is 0.118 e. The predicted molar refractivity (Wildman–Crippen MR) is 75.6 cm³/mol. The van der Waals surface area contributed by atoms with Crippen LogP contribution in [0.25, 0.3) is 0 Å². The molecule has 1 heterocycles. The van der Waals surface area contributed by atoms with E-state index in [9.17, 15) is 0 Å². The first-order chi connectivity index (χ1) is 8.28. The van der Waals surface area contributed by atoms with Crippen LogP contribution < -0.4 is 10.1 Å². The largest absolute Gasteiger partial charge is 0.497 e. The summed E-state index contributed by atoms with van der Waals surface area (Å²) in [4.78, 5) is 1.34. The lowest BCUT2D eigenvalue weighted by Crippen LogP contribution is -2.11. The molecule has 1 aromatic heterocycles. The quantitative estimate of drug-likeness (QED) is 0.906. The van der Waals surface area contributed by atoms with E-state index in [0.29, 0.717) is 0 Å². The van der Waals surface area contributed by atoms with E-state index in [1.807, 2.05) is 12.1 Å². The second-order valence-corrected chi connectivity index (χ2v) is 5.59. The van der Waals surface area contributed by atoms with Crippen molar-refractivity contribution in [1.29, 1.82) is 0 Å². The van der Waals surface area contributed by atoms with Gasteiger partial charge in [0.2, 0.25) is 0 Å². The number of hydrogen-bond acceptors (Lipinski definition) is 3. The monoisotopic (exact) mass is 311 g/mol. The molecule has 0 bridgehead atoms. The minimum absolute atomic E-state index is 0.875. The van der Waals surface area contributed by atoms with Crippen molar-refractivity contribution in [2.24, 2.45) is 0 Å². The van der Waals surface area contributed by atoms with Crippen LogP contribution in [0.5, 0.6) is 5.75 Å². The van der Waals surface area contributed by atoms with E-state index >= 15 is 0 Å². The maximum atomic E-state index is 5.12. The van der Waals surface area contributed by atoms with E-state index in [0.717, 1.165) is 23.3 Å². The first kappa shape index (κ1) is 12.6. The van der Waals surface area contributed by atoms with Crippen molar-refractivity contribution >= 4 is 27.3 Å². The van der Waals surface area contributed by atoms with Gasteiger partial charge in [-0.25, -0.2) is 0 Å². The van der Waals surface area contributed by atoms with Gasteiger partial charge in [-0.05, 0) is 39.7 Å². The lowest BCUT2D eigenvalue weighted by Gasteiger charge is -2.04. The zero-order chi connectivity index (χ0) is 12.1. The van der Waals surface area contributed by atoms with Gasteiger partial charge in [-0.1, -0.05) is 12.1 Å². The van der Waals surface area contributed by atoms with Gasteiger partial charge >= 0.3 is 0 Å². The van der Waals surface area contributed by atoms with Gasteiger partial charge in [0.25, 0.3) is 0 Å². The molecular formula is C13H14BrNOS. The molecule has 0 radical (unpaired) electrons. The molecule has 0 fully saturated rings. The molecule has 0 atom stereocenters. The van der Waals surface area contributed by atoms with Crippen LogP contribution in [-0.2, 0) is 13.1 Å². The number of nitrogens with one attached hydrogen (secondary N) is 1. The van der Waals surface area contributed by atoms with Gasteiger partial charge in [0.1, 0.15) is 5.75 Å². The second kappa shape index (κ2) is 6.19. The average Bonchev–Trinajstić information content (AvgIpc) is 2.76. The number of benzene rings is 1. The summed E-state index contributed by atoms with van der Waals surface area (Å²) < 4.78 is 6.28. The van der Waals surface area contributed by atoms with Crippen LogP contribution in [0.4, 0.5) is 0 Å². The van der Waals surface area contributed by atoms with E-state index in [1.54, 1.807) is 18.4 Å². The second-order valence-electron chi connectivity index (χ2n) is 3.68. The Hall–Kier alpha value is -0.840. The lowest BCUT2D eigenvalue weighted by atomic mass is 10.2. The molecule has 2 rings (SSSR count). The van der Waals surface area contributed by atoms with Crippen molar-refractivity contribution in [3.05, 3.63) is 50.6 Å². The fraction of sp³-hybridized carbons (Fsp3) is 0.231. The maximum absolute atomic E-state index is 5.12. The topological polar surface area (TPSA) is 21.3 Å². The third-order valence-corrected chi connectivity index (χ3v) is 4.11. The highest BCUT2D eigenvalue weighted by molar-refractivity contribution is 9.10. The van der Waals surface area contributed by atoms with Gasteiger partial charge in [0.15, 0.2) is 0 Å². The van der Waals surface area contributed by atoms with Crippen LogP contribution in [0.2, 0.25) is 0 Å². The van der Waals surface area contributed by atoms with Crippen LogP contribution in [0.1, 0.15) is 10.4 Å². The number of rotatable bonds is 5. The van der Waals surface area contributed by atoms with E-state index in [1.165, 1.54) is 10.4 Å². The minimum atomic E-state index is 0.875. The number of methoxy groups -OCH3 is 1. The van der Waals surface area contributed by atoms with Crippen molar-refractivity contribution in [3.8, 4) is 5.75 Å². The standard InChI is InChI=1S/C13H14BrNOS/c1-16-12-4-2-10(3-5-12)7-15-8-13-6-11(14)9-17-13/h2-6,9,15H,7-8H2,1H3. The summed E-state index contributed by atoms with van der Waals surface area (Å²) in [5, 5.41) is 5.52. The van der Waals surface area contributed by atoms with Gasteiger partial charge in [-0.2, -0.15) is 0 Å². The van der Waals surface area contributed by atoms with E-state index < -0.39 is 0 Å². The summed E-state index contributed by atoms with van der Waals surface area (Å²) in [5.41, 5.74) is 1.27. The molecule has 0 aliphatic carbocycles. The highest BCUT2D eigenvalue weighted by atomic mass is 79.9. The molecule has 0 aliphatic heterocycles. The average molecular weight is 312 g/mol. The molecule has 0 amide bonds. The van der Waals surface area contributed by atoms with Crippen LogP contribution in [-0.4, -0.2) is 7.11 Å². The Kier molecular flexibility index (Phi) is 4.59. The van der Waals surface area contributed by atoms with Crippen molar-refractivity contribution in [1.82, 2.24) is 5.32 Å². The molecule has 1 N–H and O–H groups in total. The fourth-order valence-electron chi connectivity index (χ4n) is 1.52. The Morgan fingerprint density at radius 1 is 1.24 bits per heavy atom. The molecule has 0 aliphatic rings. The number of halogens is 1. The summed E-state index contributed by atoms with van der Waals surface area (Å²) in [6.45, 7) is 1.78. The van der Waals surface area contributed by atoms with Gasteiger partial charge in [0, 0.05) is 27.8 Å². The Labute approximate surface area is 114 Å². The molecule has 1 aromatic carbocycles. The fourth-order valence-corrected chi connectivity index (χ4v) is 2.94. The molecule has 90 valence electrons. The molecule has 0 unspecified atom stereocenters. The minimum Gasteiger partial charge on any atom is -0.497 e. The van der Waals surface area contributed by atoms with Crippen LogP contribution in [0, 0.1) is 0 Å². The first-order valence-electron chi connectivity index (χ1n) is 5.34. The van der Waals surface area contributed by atoms with Crippen molar-refractivity contribution in [3.63, 3.8) is 0 Å². The molecule has 2 aromatic rings. The summed E-state index contributed by atoms with van der Waals surface area (Å²) in [6.07, 6.45) is 0. The zero-order valence-corrected chi connectivity index (χ0v) is 12.0. The van der Waals surface area contributed by atoms with Gasteiger partial charge in [-0.15, -0.1) is 11.3 Å². The van der Waals surface area contributed by atoms with E-state index in [2.05, 4.69) is 44.8 Å². The van der Waals surface area contributed by atoms with E-state index in [-0.39, 0.29) is 0 Å². The van der Waals surface area contributed by atoms with Gasteiger partial charge in [0.05, 0.1) is 7.11 Å². The Bertz CT molecular complexity index is 467. The Morgan fingerprint density at radius 3 is 2.59 bits per heavy atom. The lowest BCUT2D eigenvalue weighted by molar-refractivity contribution is 0.414. The molecular weight excluding hydrogens is 298 g/mol. The number of ether oxygens (including phenoxy) is 1. The predicted octanol–water partition coefficient (Wildman–Crippen LogP) is 3.81. The van der Waals surface area contributed by atoms with Crippen molar-refractivity contribution in [2.75, 3.05) is 7.11 Å². The van der Waals surface area contributed by atoms with Gasteiger partial charge in [-0.3, -0.25) is 0 Å². The Balaban J connectivity index is 1.81. The van der Waals surface area contributed by atoms with Crippen molar-refractivity contribution < 1.29 is 4.74 Å². The molecule has 17 heavy (non-hydrogen) atoms. The Morgan fingerprint density at radius 2 is 2.00 bits per heavy atom. The van der Waals surface area contributed by atoms with Crippen LogP contribution >= 0.6 is 27.3 Å². The third kappa shape index (κ3) is 3.84. The summed E-state index contributed by atoms with van der Waals surface area (Å²) >= 11 is 5.21. The summed E-state index contributed by atoms with van der Waals surface area (Å²) in [7, 11) is 1.68. The third-order valence-electron chi connectivity index (χ3n) is 2.41. The maximum Gasteiger partial charge on any atom is 0.118 e. The molecule has 0 saturated heterocycles.